The van der Waals surface area contributed by atoms with Crippen molar-refractivity contribution in [3.63, 3.8) is 0 Å². The fourth-order valence-corrected chi connectivity index (χ4v) is 1.76. The maximum absolute atomic E-state index is 5.66. The Morgan fingerprint density at radius 3 is 2.47 bits per heavy atom. The Kier molecular flexibility index (Phi) is 4.83. The Morgan fingerprint density at radius 2 is 1.88 bits per heavy atom. The molecule has 0 bridgehead atoms. The van der Waals surface area contributed by atoms with Crippen molar-refractivity contribution in [1.29, 1.82) is 0 Å². The molecule has 17 heavy (non-hydrogen) atoms. The molecule has 2 N–H and O–H groups in total. The molecule has 1 fully saturated rings. The SMILES string of the molecule is NCc1ccc(OCCCOC2CCC2)cc1. The number of hydrogen-bond donors (Lipinski definition) is 1. The summed E-state index contributed by atoms with van der Waals surface area (Å²) >= 11 is 0. The molecule has 0 spiro atoms. The van der Waals surface area contributed by atoms with Crippen LogP contribution in [0.3, 0.4) is 0 Å². The smallest absolute Gasteiger partial charge is 0.119 e. The highest BCUT2D eigenvalue weighted by Gasteiger charge is 2.16. The Morgan fingerprint density at radius 1 is 1.12 bits per heavy atom. The van der Waals surface area contributed by atoms with Crippen molar-refractivity contribution in [1.82, 2.24) is 0 Å². The Hall–Kier alpha value is -1.06. The van der Waals surface area contributed by atoms with Crippen molar-refractivity contribution < 1.29 is 9.47 Å². The van der Waals surface area contributed by atoms with Gasteiger partial charge in [-0.25, -0.2) is 0 Å². The zero-order valence-corrected chi connectivity index (χ0v) is 10.2. The highest BCUT2D eigenvalue weighted by Crippen LogP contribution is 2.21. The van der Waals surface area contributed by atoms with Crippen LogP contribution in [0, 0.1) is 0 Å². The molecular weight excluding hydrogens is 214 g/mol. The van der Waals surface area contributed by atoms with Gasteiger partial charge in [-0.2, -0.15) is 0 Å². The summed E-state index contributed by atoms with van der Waals surface area (Å²) in [5.74, 6) is 0.908. The number of nitrogens with two attached hydrogens (primary N) is 1. The summed E-state index contributed by atoms with van der Waals surface area (Å²) in [6, 6.07) is 7.93. The highest BCUT2D eigenvalue weighted by molar-refractivity contribution is 5.26. The van der Waals surface area contributed by atoms with E-state index in [1.54, 1.807) is 0 Å². The topological polar surface area (TPSA) is 44.5 Å². The minimum absolute atomic E-state index is 0.527. The van der Waals surface area contributed by atoms with Crippen molar-refractivity contribution >= 4 is 0 Å². The van der Waals surface area contributed by atoms with Crippen molar-refractivity contribution in [3.05, 3.63) is 29.8 Å². The van der Waals surface area contributed by atoms with Gasteiger partial charge < -0.3 is 15.2 Å². The van der Waals surface area contributed by atoms with Crippen LogP contribution in [0.1, 0.15) is 31.2 Å². The molecule has 2 rings (SSSR count). The van der Waals surface area contributed by atoms with Crippen LogP contribution in [0.5, 0.6) is 5.75 Å². The predicted molar refractivity (Wildman–Crippen MR) is 68.0 cm³/mol. The quantitative estimate of drug-likeness (QED) is 0.738. The van der Waals surface area contributed by atoms with Crippen LogP contribution in [0.2, 0.25) is 0 Å². The molecule has 0 saturated heterocycles. The fraction of sp³-hybridized carbons (Fsp3) is 0.571. The van der Waals surface area contributed by atoms with Crippen LogP contribution >= 0.6 is 0 Å². The summed E-state index contributed by atoms with van der Waals surface area (Å²) in [5, 5.41) is 0. The molecule has 0 atom stereocenters. The first kappa shape index (κ1) is 12.4. The molecule has 0 unspecified atom stereocenters. The van der Waals surface area contributed by atoms with Gasteiger partial charge in [0.2, 0.25) is 0 Å². The summed E-state index contributed by atoms with van der Waals surface area (Å²) < 4.78 is 11.3. The van der Waals surface area contributed by atoms with E-state index in [2.05, 4.69) is 0 Å². The third-order valence-corrected chi connectivity index (χ3v) is 3.12. The second-order valence-corrected chi connectivity index (χ2v) is 4.47. The lowest BCUT2D eigenvalue weighted by Gasteiger charge is -2.25. The van der Waals surface area contributed by atoms with E-state index in [1.807, 2.05) is 24.3 Å². The molecule has 3 nitrogen and oxygen atoms in total. The van der Waals surface area contributed by atoms with Crippen LogP contribution in [0.25, 0.3) is 0 Å². The highest BCUT2D eigenvalue weighted by atomic mass is 16.5. The Labute approximate surface area is 103 Å². The van der Waals surface area contributed by atoms with Crippen molar-refractivity contribution in [3.8, 4) is 5.75 Å². The molecule has 1 aromatic rings. The predicted octanol–water partition coefficient (Wildman–Crippen LogP) is 2.48. The van der Waals surface area contributed by atoms with E-state index >= 15 is 0 Å². The van der Waals surface area contributed by atoms with E-state index in [4.69, 9.17) is 15.2 Å². The van der Waals surface area contributed by atoms with Crippen molar-refractivity contribution in [2.75, 3.05) is 13.2 Å². The lowest BCUT2D eigenvalue weighted by Crippen LogP contribution is -2.22. The van der Waals surface area contributed by atoms with E-state index < -0.39 is 0 Å². The van der Waals surface area contributed by atoms with Crippen molar-refractivity contribution in [2.45, 2.75) is 38.3 Å². The second kappa shape index (κ2) is 6.62. The monoisotopic (exact) mass is 235 g/mol. The van der Waals surface area contributed by atoms with E-state index in [1.165, 1.54) is 19.3 Å². The van der Waals surface area contributed by atoms with Crippen LogP contribution in [0.4, 0.5) is 0 Å². The van der Waals surface area contributed by atoms with Gasteiger partial charge in [0.15, 0.2) is 0 Å². The first-order valence-corrected chi connectivity index (χ1v) is 6.42. The summed E-state index contributed by atoms with van der Waals surface area (Å²) in [5.41, 5.74) is 6.66. The molecule has 1 aliphatic rings. The van der Waals surface area contributed by atoms with E-state index in [0.29, 0.717) is 19.3 Å². The number of rotatable bonds is 7. The van der Waals surface area contributed by atoms with Gasteiger partial charge in [-0.3, -0.25) is 0 Å². The van der Waals surface area contributed by atoms with Crippen LogP contribution < -0.4 is 10.5 Å². The van der Waals surface area contributed by atoms with Gasteiger partial charge in [-0.15, -0.1) is 0 Å². The van der Waals surface area contributed by atoms with E-state index in [-0.39, 0.29) is 0 Å². The van der Waals surface area contributed by atoms with Crippen LogP contribution in [-0.4, -0.2) is 19.3 Å². The number of hydrogen-bond acceptors (Lipinski definition) is 3. The Balaban J connectivity index is 1.57. The molecule has 1 aromatic carbocycles. The molecule has 0 heterocycles. The molecule has 1 saturated carbocycles. The van der Waals surface area contributed by atoms with Crippen molar-refractivity contribution in [2.24, 2.45) is 5.73 Å². The van der Waals surface area contributed by atoms with E-state index in [9.17, 15) is 0 Å². The van der Waals surface area contributed by atoms with Gasteiger partial charge >= 0.3 is 0 Å². The first-order valence-electron chi connectivity index (χ1n) is 6.42. The summed E-state index contributed by atoms with van der Waals surface area (Å²) in [4.78, 5) is 0. The van der Waals surface area contributed by atoms with Gasteiger partial charge in [-0.05, 0) is 37.0 Å². The largest absolute Gasteiger partial charge is 0.494 e. The molecule has 0 amide bonds. The lowest BCUT2D eigenvalue weighted by atomic mass is 9.96. The van der Waals surface area contributed by atoms with Gasteiger partial charge in [0, 0.05) is 13.0 Å². The van der Waals surface area contributed by atoms with Crippen LogP contribution in [0.15, 0.2) is 24.3 Å². The van der Waals surface area contributed by atoms with Gasteiger partial charge in [0.25, 0.3) is 0 Å². The minimum Gasteiger partial charge on any atom is -0.494 e. The standard InChI is InChI=1S/C14H21NO2/c15-11-12-5-7-14(8-6-12)17-10-2-9-16-13-3-1-4-13/h5-8,13H,1-4,9-11,15H2. The van der Waals surface area contributed by atoms with Crippen LogP contribution in [-0.2, 0) is 11.3 Å². The first-order chi connectivity index (χ1) is 8.38. The third-order valence-electron chi connectivity index (χ3n) is 3.12. The molecule has 0 aromatic heterocycles. The van der Waals surface area contributed by atoms with Gasteiger partial charge in [-0.1, -0.05) is 12.1 Å². The zero-order chi connectivity index (χ0) is 11.9. The summed E-state index contributed by atoms with van der Waals surface area (Å²) in [6.07, 6.45) is 5.28. The lowest BCUT2D eigenvalue weighted by molar-refractivity contribution is -0.00223. The van der Waals surface area contributed by atoms with E-state index in [0.717, 1.165) is 24.3 Å². The summed E-state index contributed by atoms with van der Waals surface area (Å²) in [6.45, 7) is 2.11. The molecular formula is C14H21NO2. The maximum atomic E-state index is 5.66. The summed E-state index contributed by atoms with van der Waals surface area (Å²) in [7, 11) is 0. The molecule has 0 aliphatic heterocycles. The zero-order valence-electron chi connectivity index (χ0n) is 10.2. The van der Waals surface area contributed by atoms with Gasteiger partial charge in [0.1, 0.15) is 5.75 Å². The second-order valence-electron chi connectivity index (χ2n) is 4.47. The molecule has 94 valence electrons. The number of ether oxygens (including phenoxy) is 2. The maximum Gasteiger partial charge on any atom is 0.119 e. The Bertz CT molecular complexity index is 319. The number of benzene rings is 1. The van der Waals surface area contributed by atoms with Gasteiger partial charge in [0.05, 0.1) is 19.3 Å². The molecule has 1 aliphatic carbocycles. The fourth-order valence-electron chi connectivity index (χ4n) is 1.76. The minimum atomic E-state index is 0.527. The average molecular weight is 235 g/mol. The third kappa shape index (κ3) is 4.02. The molecule has 3 heteroatoms. The average Bonchev–Trinajstić information content (AvgIpc) is 2.32. The normalized spacial score (nSPS) is 15.6. The molecule has 0 radical (unpaired) electrons.